The third-order valence-corrected chi connectivity index (χ3v) is 1.28. The minimum absolute atomic E-state index is 0.461. The normalized spacial score (nSPS) is 13.3. The van der Waals surface area contributed by atoms with Crippen molar-refractivity contribution in [1.82, 2.24) is 0 Å². The molecule has 0 aromatic carbocycles. The van der Waals surface area contributed by atoms with Gasteiger partial charge in [0.25, 0.3) is 0 Å². The fraction of sp³-hybridized carbons (Fsp3) is 0.833. The van der Waals surface area contributed by atoms with Crippen LogP contribution in [0.15, 0.2) is 0 Å². The predicted molar refractivity (Wildman–Crippen MR) is 43.8 cm³/mol. The summed E-state index contributed by atoms with van der Waals surface area (Å²) in [6.45, 7) is 3.16. The fourth-order valence-corrected chi connectivity index (χ4v) is 0.828. The Morgan fingerprint density at radius 3 is 1.82 bits per heavy atom. The lowest BCUT2D eigenvalue weighted by molar-refractivity contribution is -0.171. The van der Waals surface area contributed by atoms with E-state index in [2.05, 4.69) is 0 Å². The Labute approximate surface area is 76.5 Å². The van der Waals surface area contributed by atoms with E-state index >= 15 is 0 Å². The molecular weight excluding hydrogens is 272 g/mol. The van der Waals surface area contributed by atoms with E-state index in [1.54, 1.807) is 13.8 Å². The van der Waals surface area contributed by atoms with E-state index in [0.29, 0.717) is 0 Å². The first-order valence-electron chi connectivity index (χ1n) is 2.92. The van der Waals surface area contributed by atoms with Crippen molar-refractivity contribution >= 4 is 28.4 Å². The van der Waals surface area contributed by atoms with Crippen molar-refractivity contribution in [1.29, 1.82) is 0 Å². The molecule has 0 saturated heterocycles. The molecule has 0 aromatic heterocycles. The monoisotopic (exact) mass is 280 g/mol. The molecule has 0 aromatic rings. The summed E-state index contributed by atoms with van der Waals surface area (Å²) in [4.78, 5) is 10.4. The van der Waals surface area contributed by atoms with E-state index in [1.807, 2.05) is 22.6 Å². The number of carbonyl (C=O) groups excluding carboxylic acids is 1. The van der Waals surface area contributed by atoms with Crippen molar-refractivity contribution in [2.45, 2.75) is 29.9 Å². The smallest absolute Gasteiger partial charge is 0.290 e. The first-order valence-corrected chi connectivity index (χ1v) is 4.00. The van der Waals surface area contributed by atoms with Crippen LogP contribution in [0.4, 0.5) is 13.2 Å². The van der Waals surface area contributed by atoms with Gasteiger partial charge in [0.1, 0.15) is 0 Å². The van der Waals surface area contributed by atoms with Gasteiger partial charge in [-0.3, -0.25) is 4.79 Å². The van der Waals surface area contributed by atoms with Gasteiger partial charge in [0.15, 0.2) is 0 Å². The maximum atomic E-state index is 11.6. The topological polar surface area (TPSA) is 17.1 Å². The van der Waals surface area contributed by atoms with Crippen molar-refractivity contribution in [3.05, 3.63) is 0 Å². The first kappa shape index (κ1) is 11.2. The van der Waals surface area contributed by atoms with Crippen molar-refractivity contribution in [3.8, 4) is 0 Å². The summed E-state index contributed by atoms with van der Waals surface area (Å²) < 4.78 is 34.3. The van der Waals surface area contributed by atoms with Gasteiger partial charge in [-0.2, -0.15) is 13.2 Å². The third kappa shape index (κ3) is 5.46. The van der Waals surface area contributed by atoms with Gasteiger partial charge < -0.3 is 0 Å². The molecule has 0 aliphatic carbocycles. The zero-order valence-corrected chi connectivity index (χ0v) is 8.28. The van der Waals surface area contributed by atoms with Crippen molar-refractivity contribution in [2.24, 2.45) is 0 Å². The molecule has 5 heteroatoms. The largest absolute Gasteiger partial charge is 0.450 e. The summed E-state index contributed by atoms with van der Waals surface area (Å²) in [5.74, 6) is -1.66. The molecule has 0 radical (unpaired) electrons. The molecule has 0 unspecified atom stereocenters. The quantitative estimate of drug-likeness (QED) is 0.561. The van der Waals surface area contributed by atoms with Crippen LogP contribution in [0, 0.1) is 0 Å². The lowest BCUT2D eigenvalue weighted by atomic mass is 10.1. The van der Waals surface area contributed by atoms with Crippen LogP contribution in [0.1, 0.15) is 20.3 Å². The molecule has 0 bridgehead atoms. The zero-order valence-electron chi connectivity index (χ0n) is 6.13. The van der Waals surface area contributed by atoms with Crippen LogP contribution < -0.4 is 0 Å². The van der Waals surface area contributed by atoms with Crippen LogP contribution in [0.2, 0.25) is 0 Å². The standard InChI is InChI=1S/C6H8F3IO/c1-5(2,10)3-4(11)6(7,8)9/h3H2,1-2H3. The second-order valence-electron chi connectivity index (χ2n) is 2.82. The van der Waals surface area contributed by atoms with Crippen molar-refractivity contribution in [2.75, 3.05) is 0 Å². The van der Waals surface area contributed by atoms with E-state index in [0.717, 1.165) is 0 Å². The Morgan fingerprint density at radius 1 is 1.36 bits per heavy atom. The minimum Gasteiger partial charge on any atom is -0.290 e. The molecule has 0 aliphatic heterocycles. The number of hydrogen-bond acceptors (Lipinski definition) is 1. The molecule has 0 aliphatic rings. The van der Waals surface area contributed by atoms with E-state index in [1.165, 1.54) is 0 Å². The van der Waals surface area contributed by atoms with Gasteiger partial charge in [-0.1, -0.05) is 36.4 Å². The van der Waals surface area contributed by atoms with Gasteiger partial charge in [-0.05, 0) is 0 Å². The average Bonchev–Trinajstić information content (AvgIpc) is 1.56. The third-order valence-electron chi connectivity index (χ3n) is 0.897. The van der Waals surface area contributed by atoms with Crippen LogP contribution in [0.25, 0.3) is 0 Å². The van der Waals surface area contributed by atoms with E-state index in [9.17, 15) is 18.0 Å². The molecule has 0 atom stereocenters. The highest BCUT2D eigenvalue weighted by Crippen LogP contribution is 2.27. The van der Waals surface area contributed by atoms with Crippen LogP contribution in [-0.2, 0) is 4.79 Å². The molecule has 66 valence electrons. The summed E-state index contributed by atoms with van der Waals surface area (Å²) in [7, 11) is 0. The highest BCUT2D eigenvalue weighted by atomic mass is 127. The van der Waals surface area contributed by atoms with Gasteiger partial charge in [0, 0.05) is 9.84 Å². The fourth-order valence-electron chi connectivity index (χ4n) is 0.482. The summed E-state index contributed by atoms with van der Waals surface area (Å²) in [5, 5.41) is 0. The van der Waals surface area contributed by atoms with Crippen LogP contribution in [-0.4, -0.2) is 15.4 Å². The number of halogens is 4. The molecular formula is C6H8F3IO. The zero-order chi connectivity index (χ0) is 9.28. The Balaban J connectivity index is 4.11. The van der Waals surface area contributed by atoms with Gasteiger partial charge in [-0.25, -0.2) is 0 Å². The molecule has 11 heavy (non-hydrogen) atoms. The molecule has 1 nitrogen and oxygen atoms in total. The van der Waals surface area contributed by atoms with Crippen LogP contribution >= 0.6 is 22.6 Å². The second-order valence-corrected chi connectivity index (χ2v) is 5.74. The highest BCUT2D eigenvalue weighted by Gasteiger charge is 2.40. The number of Topliss-reactive ketones (excluding diaryl/α,β-unsaturated/α-hetero) is 1. The predicted octanol–water partition coefficient (Wildman–Crippen LogP) is 2.72. The van der Waals surface area contributed by atoms with Gasteiger partial charge in [-0.15, -0.1) is 0 Å². The first-order chi connectivity index (χ1) is 4.63. The molecule has 0 rings (SSSR count). The molecule has 0 heterocycles. The summed E-state index contributed by atoms with van der Waals surface area (Å²) in [5.41, 5.74) is 0. The SMILES string of the molecule is CC(C)(I)CC(=O)C(F)(F)F. The van der Waals surface area contributed by atoms with Gasteiger partial charge in [0.05, 0.1) is 0 Å². The maximum absolute atomic E-state index is 11.6. The number of carbonyl (C=O) groups is 1. The lowest BCUT2D eigenvalue weighted by Gasteiger charge is -2.15. The van der Waals surface area contributed by atoms with E-state index < -0.39 is 21.8 Å². The number of alkyl halides is 4. The van der Waals surface area contributed by atoms with Gasteiger partial charge >= 0.3 is 6.18 Å². The maximum Gasteiger partial charge on any atom is 0.450 e. The van der Waals surface area contributed by atoms with Crippen molar-refractivity contribution in [3.63, 3.8) is 0 Å². The van der Waals surface area contributed by atoms with Crippen LogP contribution in [0.3, 0.4) is 0 Å². The Kier molecular flexibility index (Phi) is 3.34. The summed E-state index contributed by atoms with van der Waals surface area (Å²) in [6, 6.07) is 0. The Bertz CT molecular complexity index is 156. The molecule has 0 spiro atoms. The second kappa shape index (κ2) is 3.28. The summed E-state index contributed by atoms with van der Waals surface area (Å²) in [6.07, 6.45) is -5.14. The summed E-state index contributed by atoms with van der Waals surface area (Å²) >= 11 is 1.81. The molecule has 0 saturated carbocycles. The van der Waals surface area contributed by atoms with E-state index in [-0.39, 0.29) is 0 Å². The van der Waals surface area contributed by atoms with Crippen LogP contribution in [0.5, 0.6) is 0 Å². The number of ketones is 1. The Morgan fingerprint density at radius 2 is 1.73 bits per heavy atom. The molecule has 0 amide bonds. The number of hydrogen-bond donors (Lipinski definition) is 0. The highest BCUT2D eigenvalue weighted by molar-refractivity contribution is 14.1. The number of rotatable bonds is 2. The Hall–Kier alpha value is 0.190. The van der Waals surface area contributed by atoms with E-state index in [4.69, 9.17) is 0 Å². The van der Waals surface area contributed by atoms with Crippen molar-refractivity contribution < 1.29 is 18.0 Å². The molecule has 0 N–H and O–H groups in total. The lowest BCUT2D eigenvalue weighted by Crippen LogP contribution is -2.28. The average molecular weight is 280 g/mol. The molecule has 0 fully saturated rings. The van der Waals surface area contributed by atoms with Gasteiger partial charge in [0.2, 0.25) is 5.78 Å². The minimum atomic E-state index is -4.68.